The molecule has 1 amide bonds. The molecule has 2 aromatic heterocycles. The average Bonchev–Trinajstić information content (AvgIpc) is 3.17. The Labute approximate surface area is 132 Å². The maximum absolute atomic E-state index is 12.2. The van der Waals surface area contributed by atoms with E-state index in [0.29, 0.717) is 11.4 Å². The summed E-state index contributed by atoms with van der Waals surface area (Å²) in [6.07, 6.45) is 0. The third-order valence-corrected chi connectivity index (χ3v) is 3.48. The van der Waals surface area contributed by atoms with Gasteiger partial charge in [-0.05, 0) is 51.1 Å². The fourth-order valence-electron chi connectivity index (χ4n) is 2.34. The number of tetrazole rings is 1. The molecular weight excluding hydrogens is 294 g/mol. The predicted octanol–water partition coefficient (Wildman–Crippen LogP) is 1.49. The number of carbonyl (C=O) groups is 1. The molecule has 1 atom stereocenters. The third kappa shape index (κ3) is 3.10. The van der Waals surface area contributed by atoms with Crippen LogP contribution in [0.5, 0.6) is 0 Å². The molecule has 3 aromatic rings. The van der Waals surface area contributed by atoms with Crippen LogP contribution in [0, 0.1) is 13.8 Å². The highest BCUT2D eigenvalue weighted by Crippen LogP contribution is 2.14. The van der Waals surface area contributed by atoms with E-state index in [4.69, 9.17) is 0 Å². The van der Waals surface area contributed by atoms with E-state index in [1.165, 1.54) is 0 Å². The van der Waals surface area contributed by atoms with E-state index in [2.05, 4.69) is 31.0 Å². The van der Waals surface area contributed by atoms with Crippen LogP contribution in [0.1, 0.15) is 40.5 Å². The molecule has 2 N–H and O–H groups in total. The number of nitrogens with one attached hydrogen (secondary N) is 2. The molecule has 0 aliphatic heterocycles. The number of aromatic nitrogens is 6. The van der Waals surface area contributed by atoms with Crippen molar-refractivity contribution in [3.05, 3.63) is 53.1 Å². The lowest BCUT2D eigenvalue weighted by Crippen LogP contribution is -2.27. The Morgan fingerprint density at radius 1 is 1.26 bits per heavy atom. The second kappa shape index (κ2) is 5.99. The molecule has 0 saturated heterocycles. The van der Waals surface area contributed by atoms with Crippen molar-refractivity contribution in [2.45, 2.75) is 26.8 Å². The second-order valence-corrected chi connectivity index (χ2v) is 5.35. The summed E-state index contributed by atoms with van der Waals surface area (Å²) in [5.41, 5.74) is 3.48. The molecule has 0 saturated carbocycles. The van der Waals surface area contributed by atoms with Crippen molar-refractivity contribution in [2.24, 2.45) is 0 Å². The van der Waals surface area contributed by atoms with Crippen molar-refractivity contribution in [2.75, 3.05) is 0 Å². The topological polar surface area (TPSA) is 101 Å². The number of H-pyrrole nitrogens is 1. The summed E-state index contributed by atoms with van der Waals surface area (Å²) in [4.78, 5) is 12.2. The Bertz CT molecular complexity index is 805. The van der Waals surface area contributed by atoms with E-state index in [0.717, 1.165) is 17.1 Å². The maximum Gasteiger partial charge on any atom is 0.251 e. The number of nitrogens with zero attached hydrogens (tertiary/aromatic N) is 5. The molecule has 0 aliphatic rings. The van der Waals surface area contributed by atoms with Crippen molar-refractivity contribution in [3.8, 4) is 5.69 Å². The van der Waals surface area contributed by atoms with E-state index in [-0.39, 0.29) is 11.9 Å². The minimum atomic E-state index is -0.322. The van der Waals surface area contributed by atoms with Gasteiger partial charge in [-0.2, -0.15) is 10.3 Å². The molecule has 8 heteroatoms. The predicted molar refractivity (Wildman–Crippen MR) is 83.1 cm³/mol. The number of amides is 1. The number of rotatable bonds is 4. The van der Waals surface area contributed by atoms with Crippen LogP contribution < -0.4 is 5.32 Å². The van der Waals surface area contributed by atoms with Gasteiger partial charge in [0.15, 0.2) is 5.82 Å². The SMILES string of the molecule is Cc1cc(C)n(-c2ccc(C(=O)N[C@H](C)c3nn[nH]n3)cc2)n1. The van der Waals surface area contributed by atoms with Crippen molar-refractivity contribution in [3.63, 3.8) is 0 Å². The molecule has 1 aromatic carbocycles. The summed E-state index contributed by atoms with van der Waals surface area (Å²) in [7, 11) is 0. The first kappa shape index (κ1) is 14.9. The van der Waals surface area contributed by atoms with Crippen LogP contribution in [-0.2, 0) is 0 Å². The monoisotopic (exact) mass is 311 g/mol. The number of carbonyl (C=O) groups excluding carboxylic acids is 1. The normalized spacial score (nSPS) is 12.1. The minimum absolute atomic E-state index is 0.192. The highest BCUT2D eigenvalue weighted by atomic mass is 16.1. The zero-order valence-corrected chi connectivity index (χ0v) is 13.1. The Kier molecular flexibility index (Phi) is 3.88. The van der Waals surface area contributed by atoms with Gasteiger partial charge in [-0.1, -0.05) is 5.21 Å². The second-order valence-electron chi connectivity index (χ2n) is 5.35. The van der Waals surface area contributed by atoms with Gasteiger partial charge in [0.25, 0.3) is 5.91 Å². The van der Waals surface area contributed by atoms with Crippen LogP contribution in [0.25, 0.3) is 5.69 Å². The quantitative estimate of drug-likeness (QED) is 0.760. The standard InChI is InChI=1S/C15H17N7O/c1-9-8-10(2)22(19-9)13-6-4-12(5-7-13)15(23)16-11(3)14-17-20-21-18-14/h4-8,11H,1-3H3,(H,16,23)(H,17,18,20,21)/t11-/m1/s1. The molecule has 0 radical (unpaired) electrons. The third-order valence-electron chi connectivity index (χ3n) is 3.48. The Morgan fingerprint density at radius 2 is 2.00 bits per heavy atom. The molecule has 8 nitrogen and oxygen atoms in total. The van der Waals surface area contributed by atoms with Crippen LogP contribution >= 0.6 is 0 Å². The van der Waals surface area contributed by atoms with E-state index >= 15 is 0 Å². The highest BCUT2D eigenvalue weighted by molar-refractivity contribution is 5.94. The van der Waals surface area contributed by atoms with Gasteiger partial charge in [0.1, 0.15) is 0 Å². The molecule has 118 valence electrons. The minimum Gasteiger partial charge on any atom is -0.342 e. The molecular formula is C15H17N7O. The lowest BCUT2D eigenvalue weighted by molar-refractivity contribution is 0.0938. The summed E-state index contributed by atoms with van der Waals surface area (Å²) in [5.74, 6) is 0.250. The van der Waals surface area contributed by atoms with Crippen LogP contribution in [0.4, 0.5) is 0 Å². The van der Waals surface area contributed by atoms with Gasteiger partial charge in [-0.3, -0.25) is 4.79 Å². The summed E-state index contributed by atoms with van der Waals surface area (Å²) in [6.45, 7) is 5.74. The molecule has 2 heterocycles. The van der Waals surface area contributed by atoms with Crippen molar-refractivity contribution < 1.29 is 4.79 Å². The number of hydrogen-bond donors (Lipinski definition) is 2. The first-order chi connectivity index (χ1) is 11.0. The Morgan fingerprint density at radius 3 is 2.57 bits per heavy atom. The van der Waals surface area contributed by atoms with E-state index in [1.807, 2.05) is 36.7 Å². The summed E-state index contributed by atoms with van der Waals surface area (Å²) < 4.78 is 1.85. The summed E-state index contributed by atoms with van der Waals surface area (Å²) >= 11 is 0. The van der Waals surface area contributed by atoms with E-state index < -0.39 is 0 Å². The molecule has 0 aliphatic carbocycles. The molecule has 0 unspecified atom stereocenters. The smallest absolute Gasteiger partial charge is 0.251 e. The van der Waals surface area contributed by atoms with Crippen LogP contribution in [-0.4, -0.2) is 36.3 Å². The van der Waals surface area contributed by atoms with Crippen LogP contribution in [0.3, 0.4) is 0 Å². The number of aryl methyl sites for hydroxylation is 2. The van der Waals surface area contributed by atoms with Gasteiger partial charge in [0.05, 0.1) is 17.4 Å². The lowest BCUT2D eigenvalue weighted by atomic mass is 10.1. The zero-order valence-electron chi connectivity index (χ0n) is 13.1. The van der Waals surface area contributed by atoms with Crippen LogP contribution in [0.2, 0.25) is 0 Å². The highest BCUT2D eigenvalue weighted by Gasteiger charge is 2.15. The first-order valence-corrected chi connectivity index (χ1v) is 7.22. The van der Waals surface area contributed by atoms with Crippen molar-refractivity contribution in [1.82, 2.24) is 35.7 Å². The molecule has 23 heavy (non-hydrogen) atoms. The number of aromatic amines is 1. The summed E-state index contributed by atoms with van der Waals surface area (Å²) in [5, 5.41) is 20.8. The van der Waals surface area contributed by atoms with Gasteiger partial charge in [0, 0.05) is 11.3 Å². The molecule has 0 fully saturated rings. The van der Waals surface area contributed by atoms with Gasteiger partial charge in [0.2, 0.25) is 0 Å². The van der Waals surface area contributed by atoms with Gasteiger partial charge >= 0.3 is 0 Å². The first-order valence-electron chi connectivity index (χ1n) is 7.22. The number of benzene rings is 1. The van der Waals surface area contributed by atoms with Gasteiger partial charge < -0.3 is 5.32 Å². The molecule has 0 bridgehead atoms. The Balaban J connectivity index is 1.74. The lowest BCUT2D eigenvalue weighted by Gasteiger charge is -2.10. The largest absolute Gasteiger partial charge is 0.342 e. The average molecular weight is 311 g/mol. The zero-order chi connectivity index (χ0) is 16.4. The fourth-order valence-corrected chi connectivity index (χ4v) is 2.34. The Hall–Kier alpha value is -3.03. The molecule has 0 spiro atoms. The summed E-state index contributed by atoms with van der Waals surface area (Å²) in [6, 6.07) is 8.96. The van der Waals surface area contributed by atoms with Gasteiger partial charge in [-0.15, -0.1) is 10.2 Å². The maximum atomic E-state index is 12.2. The number of hydrogen-bond acceptors (Lipinski definition) is 5. The van der Waals surface area contributed by atoms with Crippen molar-refractivity contribution in [1.29, 1.82) is 0 Å². The van der Waals surface area contributed by atoms with E-state index in [1.54, 1.807) is 19.1 Å². The van der Waals surface area contributed by atoms with Crippen molar-refractivity contribution >= 4 is 5.91 Å². The van der Waals surface area contributed by atoms with E-state index in [9.17, 15) is 4.79 Å². The van der Waals surface area contributed by atoms with Crippen LogP contribution in [0.15, 0.2) is 30.3 Å². The fraction of sp³-hybridized carbons (Fsp3) is 0.267. The van der Waals surface area contributed by atoms with Gasteiger partial charge in [-0.25, -0.2) is 4.68 Å². The molecule has 3 rings (SSSR count).